The van der Waals surface area contributed by atoms with Crippen LogP contribution in [0.25, 0.3) is 0 Å². The third-order valence-electron chi connectivity index (χ3n) is 3.38. The van der Waals surface area contributed by atoms with E-state index < -0.39 is 11.1 Å². The first kappa shape index (κ1) is 14.9. The molecule has 2 rings (SSSR count). The van der Waals surface area contributed by atoms with Crippen LogP contribution >= 0.6 is 11.6 Å². The van der Waals surface area contributed by atoms with Crippen LogP contribution in [0.5, 0.6) is 0 Å². The molecule has 1 aliphatic heterocycles. The van der Waals surface area contributed by atoms with Gasteiger partial charge >= 0.3 is 0 Å². The van der Waals surface area contributed by atoms with Crippen molar-refractivity contribution in [2.75, 3.05) is 25.1 Å². The number of ether oxygens (including phenoxy) is 1. The lowest BCUT2D eigenvalue weighted by Crippen LogP contribution is -2.48. The first-order chi connectivity index (χ1) is 9.62. The number of hydrogen-bond acceptors (Lipinski definition) is 5. The number of terminal acetylenes is 1. The van der Waals surface area contributed by atoms with E-state index in [2.05, 4.69) is 16.3 Å². The fourth-order valence-corrected chi connectivity index (χ4v) is 2.30. The maximum Gasteiger partial charge on any atom is 0.292 e. The summed E-state index contributed by atoms with van der Waals surface area (Å²) in [6.45, 7) is 1.01. The Kier molecular flexibility index (Phi) is 4.65. The van der Waals surface area contributed by atoms with Crippen LogP contribution < -0.4 is 10.9 Å². The minimum Gasteiger partial charge on any atom is -0.394 e. The minimum atomic E-state index is -0.601. The second kappa shape index (κ2) is 6.27. The second-order valence-corrected chi connectivity index (χ2v) is 5.12. The summed E-state index contributed by atoms with van der Waals surface area (Å²) in [5.74, 6) is 2.36. The Morgan fingerprint density at radius 3 is 2.90 bits per heavy atom. The van der Waals surface area contributed by atoms with Gasteiger partial charge in [-0.3, -0.25) is 4.79 Å². The van der Waals surface area contributed by atoms with E-state index in [4.69, 9.17) is 22.8 Å². The topological polar surface area (TPSA) is 76.4 Å². The minimum absolute atomic E-state index is 0.0694. The molecule has 1 aliphatic rings. The van der Waals surface area contributed by atoms with Crippen LogP contribution in [-0.4, -0.2) is 40.2 Å². The Bertz CT molecular complexity index is 573. The number of nitrogens with one attached hydrogen (secondary N) is 1. The molecule has 0 aliphatic carbocycles. The highest BCUT2D eigenvalue weighted by Crippen LogP contribution is 2.27. The molecule has 0 bridgehead atoms. The monoisotopic (exact) mass is 297 g/mol. The van der Waals surface area contributed by atoms with Gasteiger partial charge in [-0.1, -0.05) is 17.5 Å². The van der Waals surface area contributed by atoms with Gasteiger partial charge in [0.2, 0.25) is 0 Å². The number of rotatable bonds is 4. The Balaban J connectivity index is 2.35. The van der Waals surface area contributed by atoms with Gasteiger partial charge in [0, 0.05) is 13.2 Å². The highest BCUT2D eigenvalue weighted by atomic mass is 35.5. The molecule has 1 aromatic heterocycles. The number of hydrogen-bond donors (Lipinski definition) is 2. The summed E-state index contributed by atoms with van der Waals surface area (Å²) in [7, 11) is 0. The summed E-state index contributed by atoms with van der Waals surface area (Å²) >= 11 is 6.04. The molecule has 1 fully saturated rings. The number of aliphatic hydroxyl groups excluding tert-OH is 1. The maximum atomic E-state index is 12.3. The van der Waals surface area contributed by atoms with Crippen molar-refractivity contribution in [3.8, 4) is 12.3 Å². The maximum absolute atomic E-state index is 12.3. The van der Waals surface area contributed by atoms with E-state index in [0.29, 0.717) is 26.1 Å². The molecule has 108 valence electrons. The quantitative estimate of drug-likeness (QED) is 0.791. The molecular formula is C13H16ClN3O3. The van der Waals surface area contributed by atoms with Crippen LogP contribution in [0.15, 0.2) is 11.0 Å². The van der Waals surface area contributed by atoms with Crippen LogP contribution in [0.3, 0.4) is 0 Å². The van der Waals surface area contributed by atoms with E-state index in [-0.39, 0.29) is 23.9 Å². The zero-order valence-electron chi connectivity index (χ0n) is 10.9. The molecule has 0 aromatic carbocycles. The summed E-state index contributed by atoms with van der Waals surface area (Å²) in [4.78, 5) is 12.3. The van der Waals surface area contributed by atoms with E-state index >= 15 is 0 Å². The lowest BCUT2D eigenvalue weighted by Gasteiger charge is -2.37. The average molecular weight is 298 g/mol. The molecule has 0 radical (unpaired) electrons. The van der Waals surface area contributed by atoms with Gasteiger partial charge in [0.15, 0.2) is 0 Å². The van der Waals surface area contributed by atoms with Gasteiger partial charge < -0.3 is 15.2 Å². The van der Waals surface area contributed by atoms with E-state index in [0.717, 1.165) is 4.68 Å². The fraction of sp³-hybridized carbons (Fsp3) is 0.538. The molecule has 0 amide bonds. The standard InChI is InChI=1S/C13H16ClN3O3/c1-2-5-17-12(19)11(10(14)8-15-17)16-13(9-18)3-6-20-7-4-13/h1,8,16,18H,3-7,9H2. The summed E-state index contributed by atoms with van der Waals surface area (Å²) in [5, 5.41) is 16.8. The molecule has 0 saturated carbocycles. The zero-order valence-corrected chi connectivity index (χ0v) is 11.7. The van der Waals surface area contributed by atoms with Crippen molar-refractivity contribution in [2.45, 2.75) is 24.9 Å². The summed E-state index contributed by atoms with van der Waals surface area (Å²) in [5.41, 5.74) is -0.779. The molecule has 0 spiro atoms. The average Bonchev–Trinajstić information content (AvgIpc) is 2.48. The number of anilines is 1. The van der Waals surface area contributed by atoms with Crippen molar-refractivity contribution in [1.82, 2.24) is 9.78 Å². The van der Waals surface area contributed by atoms with Crippen molar-refractivity contribution >= 4 is 17.3 Å². The van der Waals surface area contributed by atoms with Crippen LogP contribution in [0.1, 0.15) is 12.8 Å². The van der Waals surface area contributed by atoms with Gasteiger partial charge in [-0.15, -0.1) is 6.42 Å². The first-order valence-corrected chi connectivity index (χ1v) is 6.65. The summed E-state index contributed by atoms with van der Waals surface area (Å²) in [6.07, 6.45) is 7.75. The van der Waals surface area contributed by atoms with Crippen LogP contribution in [0.2, 0.25) is 5.02 Å². The van der Waals surface area contributed by atoms with Crippen molar-refractivity contribution in [3.05, 3.63) is 21.6 Å². The molecule has 20 heavy (non-hydrogen) atoms. The van der Waals surface area contributed by atoms with E-state index in [9.17, 15) is 9.90 Å². The van der Waals surface area contributed by atoms with Crippen molar-refractivity contribution in [1.29, 1.82) is 0 Å². The molecule has 6 nitrogen and oxygen atoms in total. The third-order valence-corrected chi connectivity index (χ3v) is 3.67. The predicted octanol–water partition coefficient (Wildman–Crippen LogP) is 0.483. The summed E-state index contributed by atoms with van der Waals surface area (Å²) < 4.78 is 6.43. The number of aromatic nitrogens is 2. The molecule has 2 N–H and O–H groups in total. The van der Waals surface area contributed by atoms with Gasteiger partial charge in [0.1, 0.15) is 12.2 Å². The molecule has 1 saturated heterocycles. The highest BCUT2D eigenvalue weighted by molar-refractivity contribution is 6.33. The smallest absolute Gasteiger partial charge is 0.292 e. The molecule has 2 heterocycles. The van der Waals surface area contributed by atoms with Crippen LogP contribution in [-0.2, 0) is 11.3 Å². The number of halogens is 1. The first-order valence-electron chi connectivity index (χ1n) is 6.28. The van der Waals surface area contributed by atoms with Gasteiger partial charge in [-0.05, 0) is 12.8 Å². The highest BCUT2D eigenvalue weighted by Gasteiger charge is 2.33. The Morgan fingerprint density at radius 2 is 2.30 bits per heavy atom. The molecule has 0 unspecified atom stereocenters. The number of aliphatic hydroxyl groups is 1. The van der Waals surface area contributed by atoms with Crippen LogP contribution in [0, 0.1) is 12.3 Å². The van der Waals surface area contributed by atoms with E-state index in [1.54, 1.807) is 0 Å². The normalized spacial score (nSPS) is 17.4. The van der Waals surface area contributed by atoms with Gasteiger partial charge in [-0.25, -0.2) is 4.68 Å². The van der Waals surface area contributed by atoms with Crippen molar-refractivity contribution in [2.24, 2.45) is 0 Å². The predicted molar refractivity (Wildman–Crippen MR) is 75.8 cm³/mol. The van der Waals surface area contributed by atoms with E-state index in [1.165, 1.54) is 6.20 Å². The number of nitrogens with zero attached hydrogens (tertiary/aromatic N) is 2. The molecular weight excluding hydrogens is 282 g/mol. The van der Waals surface area contributed by atoms with Crippen molar-refractivity contribution in [3.63, 3.8) is 0 Å². The largest absolute Gasteiger partial charge is 0.394 e. The summed E-state index contributed by atoms with van der Waals surface area (Å²) in [6, 6.07) is 0. The molecule has 7 heteroatoms. The lowest BCUT2D eigenvalue weighted by molar-refractivity contribution is 0.0379. The fourth-order valence-electron chi connectivity index (χ4n) is 2.13. The van der Waals surface area contributed by atoms with E-state index in [1.807, 2.05) is 0 Å². The SMILES string of the molecule is C#CCn1ncc(Cl)c(NC2(CO)CCOCC2)c1=O. The van der Waals surface area contributed by atoms with Gasteiger partial charge in [0.05, 0.1) is 23.4 Å². The second-order valence-electron chi connectivity index (χ2n) is 4.71. The molecule has 0 atom stereocenters. The molecule has 1 aromatic rings. The Hall–Kier alpha value is -1.55. The van der Waals surface area contributed by atoms with Crippen molar-refractivity contribution < 1.29 is 9.84 Å². The Morgan fingerprint density at radius 1 is 1.60 bits per heavy atom. The van der Waals surface area contributed by atoms with Gasteiger partial charge in [-0.2, -0.15) is 5.10 Å². The zero-order chi connectivity index (χ0) is 14.6. The van der Waals surface area contributed by atoms with Crippen LogP contribution in [0.4, 0.5) is 5.69 Å². The lowest BCUT2D eigenvalue weighted by atomic mass is 9.91. The van der Waals surface area contributed by atoms with Gasteiger partial charge in [0.25, 0.3) is 5.56 Å². The Labute approximate surface area is 121 Å². The third kappa shape index (κ3) is 2.96.